The van der Waals surface area contributed by atoms with Gasteiger partial charge in [-0.15, -0.1) is 0 Å². The van der Waals surface area contributed by atoms with Crippen LogP contribution in [0.1, 0.15) is 42.4 Å². The van der Waals surface area contributed by atoms with Crippen molar-refractivity contribution in [3.63, 3.8) is 0 Å². The Balaban J connectivity index is 1.39. The fourth-order valence-electron chi connectivity index (χ4n) is 5.21. The number of halogens is 1. The molecule has 2 fully saturated rings. The van der Waals surface area contributed by atoms with Crippen molar-refractivity contribution in [2.45, 2.75) is 58.3 Å². The summed E-state index contributed by atoms with van der Waals surface area (Å²) in [4.78, 5) is 22.0. The smallest absolute Gasteiger partial charge is 0.270 e. The molecule has 1 unspecified atom stereocenters. The van der Waals surface area contributed by atoms with Gasteiger partial charge in [0.05, 0.1) is 24.1 Å². The molecule has 2 heterocycles. The van der Waals surface area contributed by atoms with Gasteiger partial charge in [-0.2, -0.15) is 0 Å². The fraction of sp³-hybridized carbons (Fsp3) is 0.481. The number of nitrogens with one attached hydrogen (secondary N) is 2. The highest BCUT2D eigenvalue weighted by atomic mass is 35.5. The first kappa shape index (κ1) is 24.1. The van der Waals surface area contributed by atoms with Crippen molar-refractivity contribution in [1.29, 1.82) is 0 Å². The predicted octanol–water partition coefficient (Wildman–Crippen LogP) is 4.31. The third-order valence-corrected chi connectivity index (χ3v) is 7.47. The number of hydrogen-bond acceptors (Lipinski definition) is 6. The summed E-state index contributed by atoms with van der Waals surface area (Å²) in [5.41, 5.74) is 5.85. The van der Waals surface area contributed by atoms with E-state index in [4.69, 9.17) is 21.3 Å². The SMILES string of the molecule is Cc1cc(Cl)ccc1CN(C)CCN1c2cc(OC3CCCC3)c(C)cc2N=C2C(=O)NCNC21. The Kier molecular flexibility index (Phi) is 7.00. The minimum Gasteiger partial charge on any atom is -0.490 e. The number of carbonyl (C=O) groups is 1. The van der Waals surface area contributed by atoms with Gasteiger partial charge in [-0.05, 0) is 81.5 Å². The lowest BCUT2D eigenvalue weighted by Gasteiger charge is -2.41. The summed E-state index contributed by atoms with van der Waals surface area (Å²) in [7, 11) is 2.12. The molecule has 0 bridgehead atoms. The van der Waals surface area contributed by atoms with Gasteiger partial charge in [-0.1, -0.05) is 17.7 Å². The maximum atomic E-state index is 12.7. The lowest BCUT2D eigenvalue weighted by atomic mass is 10.1. The topological polar surface area (TPSA) is 69.2 Å². The van der Waals surface area contributed by atoms with E-state index in [9.17, 15) is 4.79 Å². The summed E-state index contributed by atoms with van der Waals surface area (Å²) < 4.78 is 6.41. The number of carbonyl (C=O) groups excluding carboxylic acids is 1. The lowest BCUT2D eigenvalue weighted by molar-refractivity contribution is -0.115. The molecule has 2 aromatic rings. The molecule has 0 spiro atoms. The average molecular weight is 496 g/mol. The van der Waals surface area contributed by atoms with Gasteiger partial charge in [-0.3, -0.25) is 10.1 Å². The van der Waals surface area contributed by atoms with E-state index >= 15 is 0 Å². The number of ether oxygens (including phenoxy) is 1. The van der Waals surface area contributed by atoms with Crippen molar-refractivity contribution < 1.29 is 9.53 Å². The summed E-state index contributed by atoms with van der Waals surface area (Å²) >= 11 is 6.14. The zero-order valence-corrected chi connectivity index (χ0v) is 21.5. The van der Waals surface area contributed by atoms with E-state index in [0.717, 1.165) is 60.2 Å². The van der Waals surface area contributed by atoms with E-state index in [1.807, 2.05) is 12.1 Å². The highest BCUT2D eigenvalue weighted by molar-refractivity contribution is 6.43. The minimum atomic E-state index is -0.260. The van der Waals surface area contributed by atoms with E-state index in [2.05, 4.69) is 59.5 Å². The molecule has 2 aromatic carbocycles. The van der Waals surface area contributed by atoms with Gasteiger partial charge in [0.15, 0.2) is 0 Å². The second-order valence-electron chi connectivity index (χ2n) is 9.92. The van der Waals surface area contributed by atoms with Gasteiger partial charge >= 0.3 is 0 Å². The number of fused-ring (bicyclic) bond motifs is 2. The van der Waals surface area contributed by atoms with Crippen molar-refractivity contribution in [3.05, 3.63) is 52.0 Å². The molecule has 186 valence electrons. The van der Waals surface area contributed by atoms with E-state index in [1.165, 1.54) is 24.0 Å². The molecule has 0 aromatic heterocycles. The first-order valence-corrected chi connectivity index (χ1v) is 12.9. The molecule has 1 aliphatic carbocycles. The number of benzene rings is 2. The van der Waals surface area contributed by atoms with Crippen LogP contribution < -0.4 is 20.3 Å². The number of rotatable bonds is 7. The van der Waals surface area contributed by atoms with Crippen molar-refractivity contribution in [2.24, 2.45) is 4.99 Å². The number of aryl methyl sites for hydroxylation is 2. The van der Waals surface area contributed by atoms with Crippen LogP contribution in [0.4, 0.5) is 11.4 Å². The lowest BCUT2D eigenvalue weighted by Crippen LogP contribution is -2.64. The molecule has 5 rings (SSSR count). The van der Waals surface area contributed by atoms with Gasteiger partial charge < -0.3 is 19.9 Å². The Hall–Kier alpha value is -2.61. The normalized spacial score (nSPS) is 19.9. The first-order chi connectivity index (χ1) is 16.9. The summed E-state index contributed by atoms with van der Waals surface area (Å²) in [6.45, 7) is 6.96. The monoisotopic (exact) mass is 495 g/mol. The molecule has 2 aliphatic heterocycles. The average Bonchev–Trinajstić information content (AvgIpc) is 3.33. The van der Waals surface area contributed by atoms with Crippen molar-refractivity contribution in [1.82, 2.24) is 15.5 Å². The van der Waals surface area contributed by atoms with E-state index in [-0.39, 0.29) is 18.2 Å². The van der Waals surface area contributed by atoms with Crippen LogP contribution in [0, 0.1) is 13.8 Å². The Labute approximate surface area is 212 Å². The van der Waals surface area contributed by atoms with Crippen LogP contribution in [0.5, 0.6) is 5.75 Å². The maximum absolute atomic E-state index is 12.7. The number of amides is 1. The van der Waals surface area contributed by atoms with Gasteiger partial charge in [0, 0.05) is 30.7 Å². The molecule has 7 nitrogen and oxygen atoms in total. The van der Waals surface area contributed by atoms with Crippen LogP contribution in [-0.2, 0) is 11.3 Å². The standard InChI is InChI=1S/C27H34ClN5O2/c1-17-12-20(28)9-8-19(17)15-32(3)10-11-33-23-14-24(35-21-6-4-5-7-21)18(2)13-22(23)31-25-26(33)29-16-30-27(25)34/h8-9,12-14,21,26,29H,4-7,10-11,15-16H2,1-3H3,(H,30,34). The summed E-state index contributed by atoms with van der Waals surface area (Å²) in [6, 6.07) is 10.2. The molecule has 1 saturated carbocycles. The van der Waals surface area contributed by atoms with Crippen LogP contribution in [-0.4, -0.2) is 55.6 Å². The maximum Gasteiger partial charge on any atom is 0.270 e. The largest absolute Gasteiger partial charge is 0.490 e. The Bertz CT molecular complexity index is 1140. The molecule has 1 atom stereocenters. The molecule has 35 heavy (non-hydrogen) atoms. The number of anilines is 1. The third kappa shape index (κ3) is 5.17. The predicted molar refractivity (Wildman–Crippen MR) is 141 cm³/mol. The summed E-state index contributed by atoms with van der Waals surface area (Å²) in [5.74, 6) is 0.809. The molecule has 0 radical (unpaired) electrons. The van der Waals surface area contributed by atoms with Crippen LogP contribution in [0.2, 0.25) is 5.02 Å². The number of likely N-dealkylation sites (N-methyl/N-ethyl adjacent to an activating group) is 1. The fourth-order valence-corrected chi connectivity index (χ4v) is 5.43. The number of nitrogens with zero attached hydrogens (tertiary/aromatic N) is 3. The third-order valence-electron chi connectivity index (χ3n) is 7.23. The van der Waals surface area contributed by atoms with Gasteiger partial charge in [0.2, 0.25) is 0 Å². The second kappa shape index (κ2) is 10.2. The highest BCUT2D eigenvalue weighted by Gasteiger charge is 2.37. The Morgan fingerprint density at radius 1 is 1.17 bits per heavy atom. The first-order valence-electron chi connectivity index (χ1n) is 12.5. The molecule has 2 N–H and O–H groups in total. The van der Waals surface area contributed by atoms with Crippen molar-refractivity contribution in [3.8, 4) is 5.75 Å². The summed E-state index contributed by atoms with van der Waals surface area (Å²) in [6.07, 6.45) is 4.72. The quantitative estimate of drug-likeness (QED) is 0.599. The van der Waals surface area contributed by atoms with Crippen molar-refractivity contribution >= 4 is 34.6 Å². The molecule has 8 heteroatoms. The zero-order valence-electron chi connectivity index (χ0n) is 20.7. The molecular weight excluding hydrogens is 462 g/mol. The number of hydrogen-bond donors (Lipinski definition) is 2. The van der Waals surface area contributed by atoms with Gasteiger partial charge in [-0.25, -0.2) is 4.99 Å². The van der Waals surface area contributed by atoms with Gasteiger partial charge in [0.1, 0.15) is 17.6 Å². The van der Waals surface area contributed by atoms with E-state index in [1.54, 1.807) is 0 Å². The number of aliphatic imine (C=N–C) groups is 1. The van der Waals surface area contributed by atoms with Gasteiger partial charge in [0.25, 0.3) is 5.91 Å². The van der Waals surface area contributed by atoms with Crippen LogP contribution in [0.3, 0.4) is 0 Å². The van der Waals surface area contributed by atoms with Crippen LogP contribution in [0.25, 0.3) is 0 Å². The summed E-state index contributed by atoms with van der Waals surface area (Å²) in [5, 5.41) is 7.05. The van der Waals surface area contributed by atoms with Crippen LogP contribution in [0.15, 0.2) is 35.3 Å². The minimum absolute atomic E-state index is 0.113. The second-order valence-corrected chi connectivity index (χ2v) is 10.4. The molecule has 1 amide bonds. The Morgan fingerprint density at radius 3 is 2.74 bits per heavy atom. The molecule has 1 saturated heterocycles. The van der Waals surface area contributed by atoms with Crippen molar-refractivity contribution in [2.75, 3.05) is 31.7 Å². The molecule has 3 aliphatic rings. The van der Waals surface area contributed by atoms with E-state index < -0.39 is 0 Å². The highest BCUT2D eigenvalue weighted by Crippen LogP contribution is 2.40. The Morgan fingerprint density at radius 2 is 1.97 bits per heavy atom. The molecular formula is C27H34ClN5O2. The van der Waals surface area contributed by atoms with E-state index in [0.29, 0.717) is 12.4 Å². The van der Waals surface area contributed by atoms with Crippen LogP contribution >= 0.6 is 11.6 Å². The zero-order chi connectivity index (χ0) is 24.5.